The third kappa shape index (κ3) is 3.70. The Morgan fingerprint density at radius 2 is 2.05 bits per heavy atom. The summed E-state index contributed by atoms with van der Waals surface area (Å²) in [6.07, 6.45) is -2.56. The lowest BCUT2D eigenvalue weighted by atomic mass is 10.1. The highest BCUT2D eigenvalue weighted by molar-refractivity contribution is 7.15. The van der Waals surface area contributed by atoms with Gasteiger partial charge in [-0.2, -0.15) is 0 Å². The zero-order valence-electron chi connectivity index (χ0n) is 10.5. The Bertz CT molecular complexity index is 587. The molecule has 0 fully saturated rings. The molecule has 5 nitrogen and oxygen atoms in total. The van der Waals surface area contributed by atoms with Crippen LogP contribution in [0.15, 0.2) is 24.3 Å². The fourth-order valence-corrected chi connectivity index (χ4v) is 2.08. The second kappa shape index (κ2) is 6.38. The van der Waals surface area contributed by atoms with E-state index in [4.69, 9.17) is 4.74 Å². The topological polar surface area (TPSA) is 64.1 Å². The maximum Gasteiger partial charge on any atom is 0.291 e. The van der Waals surface area contributed by atoms with E-state index in [-0.39, 0.29) is 17.5 Å². The molecule has 2 rings (SSSR count). The van der Waals surface area contributed by atoms with E-state index >= 15 is 0 Å². The number of halogens is 2. The highest BCUT2D eigenvalue weighted by atomic mass is 32.1. The van der Waals surface area contributed by atoms with E-state index in [1.54, 1.807) is 31.4 Å². The fourth-order valence-electron chi connectivity index (χ4n) is 1.47. The van der Waals surface area contributed by atoms with Gasteiger partial charge in [0.1, 0.15) is 5.75 Å². The number of carbonyl (C=O) groups excluding carboxylic acids is 1. The van der Waals surface area contributed by atoms with Gasteiger partial charge in [-0.05, 0) is 17.7 Å². The maximum absolute atomic E-state index is 12.3. The Morgan fingerprint density at radius 3 is 2.60 bits per heavy atom. The predicted octanol–water partition coefficient (Wildman–Crippen LogP) is 2.67. The second-order valence-electron chi connectivity index (χ2n) is 3.82. The summed E-state index contributed by atoms with van der Waals surface area (Å²) < 4.78 is 29.6. The van der Waals surface area contributed by atoms with Crippen molar-refractivity contribution in [2.24, 2.45) is 0 Å². The summed E-state index contributed by atoms with van der Waals surface area (Å²) in [6, 6.07) is 6.98. The molecule has 8 heteroatoms. The van der Waals surface area contributed by atoms with Gasteiger partial charge in [-0.1, -0.05) is 23.5 Å². The number of anilines is 1. The molecule has 0 unspecified atom stereocenters. The van der Waals surface area contributed by atoms with E-state index in [2.05, 4.69) is 15.5 Å². The number of hydrogen-bond acceptors (Lipinski definition) is 5. The van der Waals surface area contributed by atoms with Gasteiger partial charge < -0.3 is 10.1 Å². The number of carbonyl (C=O) groups is 1. The van der Waals surface area contributed by atoms with Crippen LogP contribution in [0, 0.1) is 0 Å². The first-order valence-electron chi connectivity index (χ1n) is 5.63. The maximum atomic E-state index is 12.3. The highest BCUT2D eigenvalue weighted by Crippen LogP contribution is 2.25. The molecule has 106 valence electrons. The number of nitrogens with one attached hydrogen (secondary N) is 1. The lowest BCUT2D eigenvalue weighted by Crippen LogP contribution is -2.14. The van der Waals surface area contributed by atoms with E-state index in [9.17, 15) is 13.6 Å². The molecule has 1 aromatic heterocycles. The molecule has 1 N–H and O–H groups in total. The van der Waals surface area contributed by atoms with Gasteiger partial charge in [-0.25, -0.2) is 8.78 Å². The third-order valence-electron chi connectivity index (χ3n) is 2.40. The van der Waals surface area contributed by atoms with Gasteiger partial charge >= 0.3 is 0 Å². The van der Waals surface area contributed by atoms with Crippen LogP contribution in [-0.4, -0.2) is 23.2 Å². The van der Waals surface area contributed by atoms with E-state index < -0.39 is 11.4 Å². The number of methoxy groups -OCH3 is 1. The molecule has 0 spiro atoms. The zero-order chi connectivity index (χ0) is 14.5. The number of nitrogens with zero attached hydrogens (tertiary/aromatic N) is 2. The quantitative estimate of drug-likeness (QED) is 0.922. The molecule has 1 aromatic carbocycles. The second-order valence-corrected chi connectivity index (χ2v) is 4.83. The van der Waals surface area contributed by atoms with Crippen molar-refractivity contribution in [3.63, 3.8) is 0 Å². The third-order valence-corrected chi connectivity index (χ3v) is 3.24. The van der Waals surface area contributed by atoms with Crippen LogP contribution in [0.3, 0.4) is 0 Å². The molecule has 2 aromatic rings. The number of ether oxygens (including phenoxy) is 1. The first kappa shape index (κ1) is 14.3. The Labute approximate surface area is 117 Å². The van der Waals surface area contributed by atoms with Crippen molar-refractivity contribution in [3.05, 3.63) is 34.8 Å². The SMILES string of the molecule is COc1ccc(CC(=O)Nc2nnc(C(F)F)s2)cc1. The minimum atomic E-state index is -2.68. The average molecular weight is 299 g/mol. The lowest BCUT2D eigenvalue weighted by Gasteiger charge is -2.03. The summed E-state index contributed by atoms with van der Waals surface area (Å²) in [5.74, 6) is 0.354. The number of benzene rings is 1. The Kier molecular flexibility index (Phi) is 4.57. The van der Waals surface area contributed by atoms with Gasteiger partial charge in [-0.15, -0.1) is 10.2 Å². The summed E-state index contributed by atoms with van der Waals surface area (Å²) in [5.41, 5.74) is 0.780. The molecular weight excluding hydrogens is 288 g/mol. The van der Waals surface area contributed by atoms with Crippen molar-refractivity contribution >= 4 is 22.4 Å². The molecule has 0 bridgehead atoms. The largest absolute Gasteiger partial charge is 0.497 e. The van der Waals surface area contributed by atoms with Gasteiger partial charge in [0, 0.05) is 0 Å². The van der Waals surface area contributed by atoms with Crippen LogP contribution in [0.25, 0.3) is 0 Å². The van der Waals surface area contributed by atoms with E-state index in [1.165, 1.54) is 0 Å². The summed E-state index contributed by atoms with van der Waals surface area (Å²) in [6.45, 7) is 0. The molecule has 1 amide bonds. The standard InChI is InChI=1S/C12H11F2N3O2S/c1-19-8-4-2-7(3-5-8)6-9(18)15-12-17-16-11(20-12)10(13)14/h2-5,10H,6H2,1H3,(H,15,17,18). The Morgan fingerprint density at radius 1 is 1.35 bits per heavy atom. The Balaban J connectivity index is 1.93. The predicted molar refractivity (Wildman–Crippen MR) is 70.2 cm³/mol. The van der Waals surface area contributed by atoms with Gasteiger partial charge in [0.05, 0.1) is 13.5 Å². The number of amides is 1. The molecule has 20 heavy (non-hydrogen) atoms. The molecule has 0 aliphatic rings. The van der Waals surface area contributed by atoms with Crippen molar-refractivity contribution in [2.75, 3.05) is 12.4 Å². The van der Waals surface area contributed by atoms with Crippen LogP contribution in [0.4, 0.5) is 13.9 Å². The van der Waals surface area contributed by atoms with Crippen molar-refractivity contribution < 1.29 is 18.3 Å². The molecule has 0 saturated heterocycles. The van der Waals surface area contributed by atoms with Crippen LogP contribution in [0.1, 0.15) is 17.0 Å². The van der Waals surface area contributed by atoms with E-state index in [0.29, 0.717) is 17.1 Å². The van der Waals surface area contributed by atoms with Gasteiger partial charge in [0.2, 0.25) is 11.0 Å². The first-order chi connectivity index (χ1) is 9.58. The van der Waals surface area contributed by atoms with Crippen LogP contribution in [0.5, 0.6) is 5.75 Å². The summed E-state index contributed by atoms with van der Waals surface area (Å²) in [5, 5.41) is 8.86. The Hall–Kier alpha value is -2.09. The van der Waals surface area contributed by atoms with Crippen molar-refractivity contribution in [2.45, 2.75) is 12.8 Å². The molecule has 1 heterocycles. The van der Waals surface area contributed by atoms with Gasteiger partial charge in [0.25, 0.3) is 6.43 Å². The molecular formula is C12H11F2N3O2S. The summed E-state index contributed by atoms with van der Waals surface area (Å²) >= 11 is 0.662. The minimum absolute atomic E-state index is 0.0683. The minimum Gasteiger partial charge on any atom is -0.497 e. The monoisotopic (exact) mass is 299 g/mol. The van der Waals surface area contributed by atoms with E-state index in [0.717, 1.165) is 5.56 Å². The van der Waals surface area contributed by atoms with Crippen LogP contribution >= 0.6 is 11.3 Å². The van der Waals surface area contributed by atoms with Gasteiger partial charge in [0.15, 0.2) is 5.01 Å². The van der Waals surface area contributed by atoms with Crippen molar-refractivity contribution in [3.8, 4) is 5.75 Å². The number of alkyl halides is 2. The van der Waals surface area contributed by atoms with Crippen LogP contribution in [0.2, 0.25) is 0 Å². The van der Waals surface area contributed by atoms with Crippen LogP contribution in [-0.2, 0) is 11.2 Å². The molecule has 0 atom stereocenters. The summed E-state index contributed by atoms with van der Waals surface area (Å²) in [7, 11) is 1.55. The highest BCUT2D eigenvalue weighted by Gasteiger charge is 2.15. The number of hydrogen-bond donors (Lipinski definition) is 1. The molecule has 0 radical (unpaired) electrons. The normalized spacial score (nSPS) is 10.6. The average Bonchev–Trinajstić information content (AvgIpc) is 2.88. The molecule has 0 aliphatic heterocycles. The molecule has 0 aliphatic carbocycles. The molecule has 0 saturated carbocycles. The number of aromatic nitrogens is 2. The van der Waals surface area contributed by atoms with Crippen molar-refractivity contribution in [1.29, 1.82) is 0 Å². The smallest absolute Gasteiger partial charge is 0.291 e. The lowest BCUT2D eigenvalue weighted by molar-refractivity contribution is -0.115. The van der Waals surface area contributed by atoms with E-state index in [1.807, 2.05) is 0 Å². The first-order valence-corrected chi connectivity index (χ1v) is 6.44. The fraction of sp³-hybridized carbons (Fsp3) is 0.250. The summed E-state index contributed by atoms with van der Waals surface area (Å²) in [4.78, 5) is 11.7. The van der Waals surface area contributed by atoms with Crippen molar-refractivity contribution in [1.82, 2.24) is 10.2 Å². The van der Waals surface area contributed by atoms with Crippen LogP contribution < -0.4 is 10.1 Å². The van der Waals surface area contributed by atoms with Gasteiger partial charge in [-0.3, -0.25) is 4.79 Å². The number of rotatable bonds is 5. The zero-order valence-corrected chi connectivity index (χ0v) is 11.3.